The Balaban J connectivity index is 2.16. The molecule has 20 heavy (non-hydrogen) atoms. The molecule has 2 rings (SSSR count). The number of aromatic nitrogens is 2. The molecule has 2 N–H and O–H groups in total. The summed E-state index contributed by atoms with van der Waals surface area (Å²) in [6.45, 7) is 0. The molecule has 1 unspecified atom stereocenters. The van der Waals surface area contributed by atoms with Crippen molar-refractivity contribution in [1.29, 1.82) is 0 Å². The van der Waals surface area contributed by atoms with E-state index in [1.165, 1.54) is 6.20 Å². The van der Waals surface area contributed by atoms with Crippen molar-refractivity contribution in [2.75, 3.05) is 12.0 Å². The van der Waals surface area contributed by atoms with Gasteiger partial charge in [0.2, 0.25) is 0 Å². The van der Waals surface area contributed by atoms with Crippen molar-refractivity contribution in [3.63, 3.8) is 0 Å². The minimum Gasteiger partial charge on any atom is -0.480 e. The Morgan fingerprint density at radius 1 is 1.50 bits per heavy atom. The highest BCUT2D eigenvalue weighted by molar-refractivity contribution is 7.98. The van der Waals surface area contributed by atoms with Gasteiger partial charge in [-0.25, -0.2) is 9.31 Å². The Morgan fingerprint density at radius 3 is 3.00 bits per heavy atom. The maximum absolute atomic E-state index is 12.2. The van der Waals surface area contributed by atoms with Crippen molar-refractivity contribution < 1.29 is 14.7 Å². The fraction of sp³-hybridized carbons (Fsp3) is 0.308. The van der Waals surface area contributed by atoms with Crippen LogP contribution in [0.15, 0.2) is 30.6 Å². The van der Waals surface area contributed by atoms with E-state index < -0.39 is 17.9 Å². The van der Waals surface area contributed by atoms with Gasteiger partial charge in [-0.3, -0.25) is 4.79 Å². The lowest BCUT2D eigenvalue weighted by Crippen LogP contribution is -2.41. The van der Waals surface area contributed by atoms with E-state index >= 15 is 0 Å². The molecule has 0 aliphatic carbocycles. The number of rotatable bonds is 6. The van der Waals surface area contributed by atoms with Gasteiger partial charge in [0, 0.05) is 6.20 Å². The van der Waals surface area contributed by atoms with Crippen molar-refractivity contribution in [1.82, 2.24) is 14.9 Å². The molecular weight excluding hydrogens is 278 g/mol. The van der Waals surface area contributed by atoms with Gasteiger partial charge in [0.15, 0.2) is 0 Å². The first-order valence-electron chi connectivity index (χ1n) is 6.08. The second-order valence-electron chi connectivity index (χ2n) is 4.23. The number of hydrogen-bond acceptors (Lipinski definition) is 4. The molecule has 0 saturated heterocycles. The van der Waals surface area contributed by atoms with E-state index in [0.29, 0.717) is 23.3 Å². The number of pyridine rings is 1. The second kappa shape index (κ2) is 6.42. The van der Waals surface area contributed by atoms with Gasteiger partial charge in [-0.15, -0.1) is 0 Å². The number of hydrogen-bond donors (Lipinski definition) is 2. The van der Waals surface area contributed by atoms with Crippen LogP contribution in [0.25, 0.3) is 5.52 Å². The first-order valence-corrected chi connectivity index (χ1v) is 7.48. The largest absolute Gasteiger partial charge is 0.480 e. The van der Waals surface area contributed by atoms with Crippen LogP contribution >= 0.6 is 11.8 Å². The average molecular weight is 293 g/mol. The van der Waals surface area contributed by atoms with Crippen molar-refractivity contribution in [3.8, 4) is 0 Å². The first kappa shape index (κ1) is 14.4. The molecule has 7 heteroatoms. The molecule has 0 spiro atoms. The number of carbonyl (C=O) groups is 2. The predicted molar refractivity (Wildman–Crippen MR) is 77.1 cm³/mol. The minimum absolute atomic E-state index is 0.376. The molecule has 106 valence electrons. The molecule has 1 amide bonds. The molecule has 2 aromatic rings. The zero-order valence-electron chi connectivity index (χ0n) is 10.9. The number of carboxylic acids is 1. The standard InChI is InChI=1S/C13H15N3O3S/c1-20-7-5-10(13(18)19)15-12(17)9-8-14-16-6-3-2-4-11(9)16/h2-4,6,8,10H,5,7H2,1H3,(H,15,17)(H,18,19). The van der Waals surface area contributed by atoms with Gasteiger partial charge in [-0.2, -0.15) is 16.9 Å². The molecule has 0 fully saturated rings. The summed E-state index contributed by atoms with van der Waals surface area (Å²) in [6, 6.07) is 4.49. The van der Waals surface area contributed by atoms with Gasteiger partial charge >= 0.3 is 5.97 Å². The Kier molecular flexibility index (Phi) is 4.62. The van der Waals surface area contributed by atoms with Gasteiger partial charge in [0.1, 0.15) is 6.04 Å². The number of thioether (sulfide) groups is 1. The molecule has 1 atom stereocenters. The Labute approximate surface area is 120 Å². The number of carbonyl (C=O) groups excluding carboxylic acids is 1. The molecule has 2 heterocycles. The topological polar surface area (TPSA) is 83.7 Å². The normalized spacial score (nSPS) is 12.2. The lowest BCUT2D eigenvalue weighted by Gasteiger charge is -2.13. The van der Waals surface area contributed by atoms with Crippen LogP contribution < -0.4 is 5.32 Å². The smallest absolute Gasteiger partial charge is 0.326 e. The monoisotopic (exact) mass is 293 g/mol. The number of fused-ring (bicyclic) bond motifs is 1. The highest BCUT2D eigenvalue weighted by Crippen LogP contribution is 2.10. The van der Waals surface area contributed by atoms with Crippen molar-refractivity contribution in [2.24, 2.45) is 0 Å². The van der Waals surface area contributed by atoms with E-state index in [1.54, 1.807) is 40.7 Å². The van der Waals surface area contributed by atoms with Gasteiger partial charge in [0.05, 0.1) is 17.3 Å². The van der Waals surface area contributed by atoms with E-state index in [0.717, 1.165) is 0 Å². The Bertz CT molecular complexity index is 626. The third-order valence-corrected chi connectivity index (χ3v) is 3.53. The Hall–Kier alpha value is -2.02. The van der Waals surface area contributed by atoms with E-state index in [4.69, 9.17) is 5.11 Å². The first-order chi connectivity index (χ1) is 9.63. The molecular formula is C13H15N3O3S. The molecule has 0 saturated carbocycles. The van der Waals surface area contributed by atoms with Crippen LogP contribution in [-0.2, 0) is 4.79 Å². The summed E-state index contributed by atoms with van der Waals surface area (Å²) >= 11 is 1.54. The Morgan fingerprint density at radius 2 is 2.30 bits per heavy atom. The van der Waals surface area contributed by atoms with Gasteiger partial charge < -0.3 is 10.4 Å². The summed E-state index contributed by atoms with van der Waals surface area (Å²) in [6.07, 6.45) is 5.46. The molecule has 0 aliphatic heterocycles. The molecule has 0 bridgehead atoms. The molecule has 6 nitrogen and oxygen atoms in total. The highest BCUT2D eigenvalue weighted by atomic mass is 32.2. The van der Waals surface area contributed by atoms with Crippen molar-refractivity contribution in [3.05, 3.63) is 36.2 Å². The van der Waals surface area contributed by atoms with Crippen LogP contribution in [0.1, 0.15) is 16.8 Å². The lowest BCUT2D eigenvalue weighted by atomic mass is 10.2. The zero-order chi connectivity index (χ0) is 14.5. The van der Waals surface area contributed by atoms with Crippen molar-refractivity contribution in [2.45, 2.75) is 12.5 Å². The number of nitrogens with one attached hydrogen (secondary N) is 1. The fourth-order valence-corrected chi connectivity index (χ4v) is 2.31. The van der Waals surface area contributed by atoms with Crippen LogP contribution in [0.4, 0.5) is 0 Å². The third kappa shape index (κ3) is 3.11. The fourth-order valence-electron chi connectivity index (χ4n) is 1.84. The number of carboxylic acid groups (broad SMARTS) is 1. The summed E-state index contributed by atoms with van der Waals surface area (Å²) in [7, 11) is 0. The van der Waals surface area contributed by atoms with E-state index in [9.17, 15) is 9.59 Å². The predicted octanol–water partition coefficient (Wildman–Crippen LogP) is 1.27. The average Bonchev–Trinajstić information content (AvgIpc) is 2.87. The molecule has 2 aromatic heterocycles. The van der Waals surface area contributed by atoms with Gasteiger partial charge in [-0.05, 0) is 30.6 Å². The van der Waals surface area contributed by atoms with Crippen molar-refractivity contribution >= 4 is 29.2 Å². The summed E-state index contributed by atoms with van der Waals surface area (Å²) < 4.78 is 1.58. The summed E-state index contributed by atoms with van der Waals surface area (Å²) in [5.74, 6) is -0.769. The van der Waals surface area contributed by atoms with Gasteiger partial charge in [0.25, 0.3) is 5.91 Å². The molecule has 0 aromatic carbocycles. The summed E-state index contributed by atoms with van der Waals surface area (Å²) in [5.41, 5.74) is 1.03. The second-order valence-corrected chi connectivity index (χ2v) is 5.22. The number of nitrogens with zero attached hydrogens (tertiary/aromatic N) is 2. The zero-order valence-corrected chi connectivity index (χ0v) is 11.8. The summed E-state index contributed by atoms with van der Waals surface area (Å²) in [4.78, 5) is 23.3. The lowest BCUT2D eigenvalue weighted by molar-refractivity contribution is -0.139. The van der Waals surface area contributed by atoms with E-state index in [1.807, 2.05) is 6.26 Å². The maximum atomic E-state index is 12.2. The highest BCUT2D eigenvalue weighted by Gasteiger charge is 2.21. The quantitative estimate of drug-likeness (QED) is 0.838. The SMILES string of the molecule is CSCCC(NC(=O)c1cnn2ccccc12)C(=O)O. The van der Waals surface area contributed by atoms with Crippen LogP contribution in [0.2, 0.25) is 0 Å². The van der Waals surface area contributed by atoms with E-state index in [2.05, 4.69) is 10.4 Å². The van der Waals surface area contributed by atoms with Crippen LogP contribution in [0, 0.1) is 0 Å². The minimum atomic E-state index is -1.02. The van der Waals surface area contributed by atoms with Crippen LogP contribution in [0.5, 0.6) is 0 Å². The summed E-state index contributed by atoms with van der Waals surface area (Å²) in [5, 5.41) is 15.7. The third-order valence-electron chi connectivity index (χ3n) is 2.89. The van der Waals surface area contributed by atoms with Gasteiger partial charge in [-0.1, -0.05) is 6.07 Å². The van der Waals surface area contributed by atoms with Crippen LogP contribution in [0.3, 0.4) is 0 Å². The number of amides is 1. The molecule has 0 radical (unpaired) electrons. The maximum Gasteiger partial charge on any atom is 0.326 e. The number of aliphatic carboxylic acids is 1. The van der Waals surface area contributed by atoms with E-state index in [-0.39, 0.29) is 0 Å². The molecule has 0 aliphatic rings. The van der Waals surface area contributed by atoms with Crippen LogP contribution in [-0.4, -0.2) is 44.6 Å².